The van der Waals surface area contributed by atoms with E-state index >= 15 is 0 Å². The molecule has 0 aromatic carbocycles. The summed E-state index contributed by atoms with van der Waals surface area (Å²) in [6, 6.07) is 4.34. The normalized spacial score (nSPS) is 20.9. The topological polar surface area (TPSA) is 38.0 Å². The molecule has 0 radical (unpaired) electrons. The minimum absolute atomic E-state index is 0.161. The maximum Gasteiger partial charge on any atom is 0.0516 e. The van der Waals surface area contributed by atoms with Crippen LogP contribution >= 0.6 is 11.3 Å². The third-order valence-corrected chi connectivity index (χ3v) is 4.39. The van der Waals surface area contributed by atoms with E-state index in [4.69, 9.17) is 5.73 Å². The number of nitrogens with one attached hydrogen (secondary N) is 1. The molecule has 0 bridgehead atoms. The van der Waals surface area contributed by atoms with Crippen LogP contribution in [0, 0.1) is 5.41 Å². The van der Waals surface area contributed by atoms with E-state index in [1.165, 1.54) is 24.1 Å². The Bertz CT molecular complexity index is 291. The zero-order chi connectivity index (χ0) is 10.7. The molecule has 0 aliphatic heterocycles. The van der Waals surface area contributed by atoms with Gasteiger partial charge in [-0.15, -0.1) is 11.3 Å². The molecule has 3 N–H and O–H groups in total. The Labute approximate surface area is 95.9 Å². The number of hydrogen-bond donors (Lipinski definition) is 2. The molecule has 1 heterocycles. The maximum absolute atomic E-state index is 6.08. The first-order valence-electron chi connectivity index (χ1n) is 5.69. The fraction of sp³-hybridized carbons (Fsp3) is 0.667. The zero-order valence-electron chi connectivity index (χ0n) is 9.33. The van der Waals surface area contributed by atoms with Crippen LogP contribution in [0.3, 0.4) is 0 Å². The lowest BCUT2D eigenvalue weighted by Crippen LogP contribution is -2.39. The Kier molecular flexibility index (Phi) is 3.44. The van der Waals surface area contributed by atoms with Gasteiger partial charge >= 0.3 is 0 Å². The van der Waals surface area contributed by atoms with Crippen molar-refractivity contribution in [3.8, 4) is 0 Å². The summed E-state index contributed by atoms with van der Waals surface area (Å²) in [6.07, 6.45) is 4.14. The van der Waals surface area contributed by atoms with E-state index in [2.05, 4.69) is 29.8 Å². The number of hydrogen-bond acceptors (Lipinski definition) is 3. The van der Waals surface area contributed by atoms with E-state index < -0.39 is 0 Å². The Morgan fingerprint density at radius 3 is 2.93 bits per heavy atom. The smallest absolute Gasteiger partial charge is 0.0516 e. The second-order valence-corrected chi connectivity index (χ2v) is 5.90. The molecule has 1 fully saturated rings. The van der Waals surface area contributed by atoms with Gasteiger partial charge in [0.25, 0.3) is 0 Å². The first kappa shape index (κ1) is 11.1. The molecular weight excluding hydrogens is 204 g/mol. The van der Waals surface area contributed by atoms with Gasteiger partial charge in [0.05, 0.1) is 6.04 Å². The molecule has 1 aliphatic rings. The van der Waals surface area contributed by atoms with Gasteiger partial charge in [0.15, 0.2) is 0 Å². The predicted octanol–water partition coefficient (Wildman–Crippen LogP) is 2.53. The van der Waals surface area contributed by atoms with Crippen LogP contribution < -0.4 is 11.1 Å². The number of thiophene rings is 1. The van der Waals surface area contributed by atoms with Crippen LogP contribution in [-0.4, -0.2) is 13.1 Å². The van der Waals surface area contributed by atoms with Gasteiger partial charge < -0.3 is 11.1 Å². The van der Waals surface area contributed by atoms with Gasteiger partial charge in [0, 0.05) is 18.0 Å². The van der Waals surface area contributed by atoms with E-state index in [0.29, 0.717) is 5.41 Å². The fourth-order valence-corrected chi connectivity index (χ4v) is 2.82. The second kappa shape index (κ2) is 4.64. The largest absolute Gasteiger partial charge is 0.322 e. The molecule has 1 unspecified atom stereocenters. The summed E-state index contributed by atoms with van der Waals surface area (Å²) in [6.45, 7) is 4.38. The highest BCUT2D eigenvalue weighted by Crippen LogP contribution is 2.39. The fourth-order valence-electron chi connectivity index (χ4n) is 2.09. The van der Waals surface area contributed by atoms with Crippen LogP contribution in [-0.2, 0) is 0 Å². The van der Waals surface area contributed by atoms with Crippen molar-refractivity contribution in [3.05, 3.63) is 22.4 Å². The molecule has 2 rings (SSSR count). The van der Waals surface area contributed by atoms with Gasteiger partial charge in [-0.25, -0.2) is 0 Å². The van der Waals surface area contributed by atoms with Crippen molar-refractivity contribution in [2.45, 2.75) is 32.2 Å². The summed E-state index contributed by atoms with van der Waals surface area (Å²) in [5.41, 5.74) is 6.63. The minimum Gasteiger partial charge on any atom is -0.322 e. The summed E-state index contributed by atoms with van der Waals surface area (Å²) >= 11 is 1.74. The molecule has 0 spiro atoms. The van der Waals surface area contributed by atoms with E-state index in [0.717, 1.165) is 13.1 Å². The molecule has 15 heavy (non-hydrogen) atoms. The molecule has 1 atom stereocenters. The van der Waals surface area contributed by atoms with E-state index in [-0.39, 0.29) is 6.04 Å². The monoisotopic (exact) mass is 224 g/mol. The molecule has 1 aromatic rings. The van der Waals surface area contributed by atoms with Crippen molar-refractivity contribution in [2.75, 3.05) is 13.1 Å². The first-order chi connectivity index (χ1) is 7.20. The van der Waals surface area contributed by atoms with Crippen LogP contribution in [0.5, 0.6) is 0 Å². The van der Waals surface area contributed by atoms with Crippen LogP contribution in [0.4, 0.5) is 0 Å². The average molecular weight is 224 g/mol. The molecule has 2 nitrogen and oxygen atoms in total. The highest BCUT2D eigenvalue weighted by Gasteiger charge is 2.31. The SMILES string of the molecule is CC1(CNCC(N)c2cccs2)CCC1. The minimum atomic E-state index is 0.161. The van der Waals surface area contributed by atoms with E-state index in [9.17, 15) is 0 Å². The Morgan fingerprint density at radius 1 is 1.60 bits per heavy atom. The second-order valence-electron chi connectivity index (χ2n) is 4.92. The lowest BCUT2D eigenvalue weighted by Gasteiger charge is -2.38. The quantitative estimate of drug-likeness (QED) is 0.806. The van der Waals surface area contributed by atoms with Crippen LogP contribution in [0.1, 0.15) is 37.1 Å². The van der Waals surface area contributed by atoms with Crippen molar-refractivity contribution in [3.63, 3.8) is 0 Å². The number of nitrogens with two attached hydrogens (primary N) is 1. The van der Waals surface area contributed by atoms with Gasteiger partial charge in [0.2, 0.25) is 0 Å². The zero-order valence-corrected chi connectivity index (χ0v) is 10.1. The van der Waals surface area contributed by atoms with Gasteiger partial charge in [-0.1, -0.05) is 19.4 Å². The van der Waals surface area contributed by atoms with E-state index in [1.807, 2.05) is 0 Å². The highest BCUT2D eigenvalue weighted by molar-refractivity contribution is 7.10. The molecule has 84 valence electrons. The van der Waals surface area contributed by atoms with Crippen LogP contribution in [0.25, 0.3) is 0 Å². The Balaban J connectivity index is 1.69. The van der Waals surface area contributed by atoms with Gasteiger partial charge in [-0.05, 0) is 29.7 Å². The highest BCUT2D eigenvalue weighted by atomic mass is 32.1. The molecule has 1 aliphatic carbocycles. The lowest BCUT2D eigenvalue weighted by atomic mass is 9.70. The number of rotatable bonds is 5. The van der Waals surface area contributed by atoms with E-state index in [1.54, 1.807) is 11.3 Å². The van der Waals surface area contributed by atoms with Crippen LogP contribution in [0.2, 0.25) is 0 Å². The molecule has 0 saturated heterocycles. The summed E-state index contributed by atoms with van der Waals surface area (Å²) in [4.78, 5) is 1.28. The van der Waals surface area contributed by atoms with Crippen molar-refractivity contribution in [1.29, 1.82) is 0 Å². The van der Waals surface area contributed by atoms with Crippen molar-refractivity contribution < 1.29 is 0 Å². The van der Waals surface area contributed by atoms with Crippen molar-refractivity contribution in [1.82, 2.24) is 5.32 Å². The standard InChI is InChI=1S/C12H20N2S/c1-12(5-3-6-12)9-14-8-10(13)11-4-2-7-15-11/h2,4,7,10,14H,3,5-6,8-9,13H2,1H3. The Morgan fingerprint density at radius 2 is 2.40 bits per heavy atom. The van der Waals surface area contributed by atoms with Crippen LogP contribution in [0.15, 0.2) is 17.5 Å². The van der Waals surface area contributed by atoms with Crippen molar-refractivity contribution in [2.24, 2.45) is 11.1 Å². The maximum atomic E-state index is 6.08. The first-order valence-corrected chi connectivity index (χ1v) is 6.57. The summed E-state index contributed by atoms with van der Waals surface area (Å²) in [7, 11) is 0. The average Bonchev–Trinajstić information content (AvgIpc) is 2.67. The molecule has 3 heteroatoms. The summed E-state index contributed by atoms with van der Waals surface area (Å²) < 4.78 is 0. The van der Waals surface area contributed by atoms with Gasteiger partial charge in [0.1, 0.15) is 0 Å². The lowest BCUT2D eigenvalue weighted by molar-refractivity contribution is 0.156. The molecule has 0 amide bonds. The third kappa shape index (κ3) is 2.80. The third-order valence-electron chi connectivity index (χ3n) is 3.39. The van der Waals surface area contributed by atoms with Gasteiger partial charge in [-0.2, -0.15) is 0 Å². The molecule has 1 aromatic heterocycles. The van der Waals surface area contributed by atoms with Crippen molar-refractivity contribution >= 4 is 11.3 Å². The predicted molar refractivity (Wildman–Crippen MR) is 66.1 cm³/mol. The van der Waals surface area contributed by atoms with Gasteiger partial charge in [-0.3, -0.25) is 0 Å². The summed E-state index contributed by atoms with van der Waals surface area (Å²) in [5, 5.41) is 5.58. The summed E-state index contributed by atoms with van der Waals surface area (Å²) in [5.74, 6) is 0. The molecular formula is C12H20N2S. The molecule has 1 saturated carbocycles. The Hall–Kier alpha value is -0.380.